The highest BCUT2D eigenvalue weighted by molar-refractivity contribution is 5.90. The van der Waals surface area contributed by atoms with E-state index >= 15 is 4.39 Å². The fourth-order valence-corrected chi connectivity index (χ4v) is 5.28. The monoisotopic (exact) mass is 477 g/mol. The molecule has 3 aromatic carbocycles. The van der Waals surface area contributed by atoms with Crippen LogP contribution in [0.1, 0.15) is 54.7 Å². The summed E-state index contributed by atoms with van der Waals surface area (Å²) in [5.74, 6) is -0.0823. The van der Waals surface area contributed by atoms with Gasteiger partial charge in [-0.3, -0.25) is 0 Å². The molecule has 4 aromatic rings. The molecule has 8 heteroatoms. The van der Waals surface area contributed by atoms with E-state index in [9.17, 15) is 13.9 Å². The van der Waals surface area contributed by atoms with Crippen LogP contribution in [0, 0.1) is 5.82 Å². The topological polar surface area (TPSA) is 67.3 Å². The van der Waals surface area contributed by atoms with Gasteiger partial charge in [0.15, 0.2) is 5.82 Å². The zero-order valence-corrected chi connectivity index (χ0v) is 19.0. The fourth-order valence-electron chi connectivity index (χ4n) is 5.28. The van der Waals surface area contributed by atoms with Crippen molar-refractivity contribution in [2.24, 2.45) is 0 Å². The summed E-state index contributed by atoms with van der Waals surface area (Å²) >= 11 is 0. The van der Waals surface area contributed by atoms with Crippen molar-refractivity contribution in [3.63, 3.8) is 0 Å². The van der Waals surface area contributed by atoms with Crippen molar-refractivity contribution in [2.45, 2.75) is 44.4 Å². The SMILES string of the molecule is CC(C)(O)c1ncc(-c2cc3cc4c(cc3cc2F)C2C[C@H]4c3c(cccc3OC(F)F)N2)cn1. The zero-order valence-electron chi connectivity index (χ0n) is 19.0. The van der Waals surface area contributed by atoms with E-state index in [-0.39, 0.29) is 23.5 Å². The van der Waals surface area contributed by atoms with Crippen molar-refractivity contribution in [3.05, 3.63) is 83.2 Å². The van der Waals surface area contributed by atoms with Crippen LogP contribution in [-0.2, 0) is 5.60 Å². The minimum absolute atomic E-state index is 0.0132. The zero-order chi connectivity index (χ0) is 24.5. The maximum Gasteiger partial charge on any atom is 0.387 e. The number of aliphatic hydroxyl groups is 1. The first-order chi connectivity index (χ1) is 16.7. The van der Waals surface area contributed by atoms with Gasteiger partial charge in [0.25, 0.3) is 0 Å². The first kappa shape index (κ1) is 21.9. The Morgan fingerprint density at radius 2 is 1.77 bits per heavy atom. The number of hydrogen-bond donors (Lipinski definition) is 2. The van der Waals surface area contributed by atoms with Crippen LogP contribution in [0.3, 0.4) is 0 Å². The molecule has 0 amide bonds. The van der Waals surface area contributed by atoms with Gasteiger partial charge in [0.05, 0.1) is 6.04 Å². The van der Waals surface area contributed by atoms with Crippen LogP contribution in [-0.4, -0.2) is 21.7 Å². The van der Waals surface area contributed by atoms with Gasteiger partial charge in [-0.15, -0.1) is 0 Å². The Kier molecular flexibility index (Phi) is 4.79. The summed E-state index contributed by atoms with van der Waals surface area (Å²) < 4.78 is 46.1. The average Bonchev–Trinajstić information content (AvgIpc) is 3.07. The lowest BCUT2D eigenvalue weighted by Crippen LogP contribution is -2.19. The Labute approximate surface area is 199 Å². The van der Waals surface area contributed by atoms with Crippen LogP contribution in [0.15, 0.2) is 54.9 Å². The van der Waals surface area contributed by atoms with E-state index < -0.39 is 18.0 Å². The van der Waals surface area contributed by atoms with Crippen LogP contribution in [0.5, 0.6) is 5.75 Å². The normalized spacial score (nSPS) is 18.4. The van der Waals surface area contributed by atoms with Crippen molar-refractivity contribution in [3.8, 4) is 16.9 Å². The van der Waals surface area contributed by atoms with Crippen LogP contribution in [0.4, 0.5) is 18.9 Å². The molecule has 1 unspecified atom stereocenters. The number of nitrogens with zero attached hydrogens (tertiary/aromatic N) is 2. The summed E-state index contributed by atoms with van der Waals surface area (Å²) in [5.41, 5.74) is 3.20. The standard InChI is InChI=1S/C27H22F3N3O2/c1-27(2,34)25-31-11-15(12-32-25)16-6-13-7-17-18(8-14(13)9-20(16)28)22-10-19(17)24-21(33-22)4-3-5-23(24)35-26(29)30/h3-9,11-12,19,22,26,33-34H,10H2,1-2H3/t19-,22?/m1/s1. The predicted molar refractivity (Wildman–Crippen MR) is 126 cm³/mol. The lowest BCUT2D eigenvalue weighted by atomic mass is 9.88. The van der Waals surface area contributed by atoms with E-state index in [1.54, 1.807) is 32.0 Å². The van der Waals surface area contributed by atoms with Gasteiger partial charge in [0.1, 0.15) is 17.2 Å². The van der Waals surface area contributed by atoms with Gasteiger partial charge in [0, 0.05) is 40.7 Å². The molecule has 0 saturated carbocycles. The summed E-state index contributed by atoms with van der Waals surface area (Å²) in [5, 5.41) is 15.1. The molecule has 2 N–H and O–H groups in total. The van der Waals surface area contributed by atoms with Crippen LogP contribution in [0.25, 0.3) is 21.9 Å². The van der Waals surface area contributed by atoms with E-state index in [2.05, 4.69) is 15.3 Å². The highest BCUT2D eigenvalue weighted by Gasteiger charge is 2.39. The number of benzene rings is 3. The Balaban J connectivity index is 1.46. The number of hydrogen-bond acceptors (Lipinski definition) is 5. The molecular weight excluding hydrogens is 455 g/mol. The summed E-state index contributed by atoms with van der Waals surface area (Å²) in [6.07, 6.45) is 3.71. The summed E-state index contributed by atoms with van der Waals surface area (Å²) in [6.45, 7) is 0.257. The first-order valence-electron chi connectivity index (χ1n) is 11.4. The number of anilines is 1. The first-order valence-corrected chi connectivity index (χ1v) is 11.4. The Morgan fingerprint density at radius 3 is 2.49 bits per heavy atom. The number of rotatable bonds is 4. The Morgan fingerprint density at radius 1 is 1.06 bits per heavy atom. The molecule has 2 heterocycles. The number of alkyl halides is 2. The maximum absolute atomic E-state index is 15.1. The summed E-state index contributed by atoms with van der Waals surface area (Å²) in [7, 11) is 0. The second kappa shape index (κ2) is 7.68. The number of aromatic nitrogens is 2. The van der Waals surface area contributed by atoms with E-state index in [0.29, 0.717) is 17.5 Å². The van der Waals surface area contributed by atoms with Crippen molar-refractivity contribution in [1.82, 2.24) is 9.97 Å². The van der Waals surface area contributed by atoms with E-state index in [1.165, 1.54) is 18.5 Å². The van der Waals surface area contributed by atoms with Gasteiger partial charge in [0.2, 0.25) is 0 Å². The molecule has 1 aliphatic carbocycles. The molecule has 6 rings (SSSR count). The second-order valence-electron chi connectivity index (χ2n) is 9.60. The quantitative estimate of drug-likeness (QED) is 0.363. The molecule has 2 atom stereocenters. The smallest absolute Gasteiger partial charge is 0.387 e. The molecule has 0 spiro atoms. The third kappa shape index (κ3) is 3.60. The molecule has 0 fully saturated rings. The van der Waals surface area contributed by atoms with Gasteiger partial charge in [-0.2, -0.15) is 8.78 Å². The van der Waals surface area contributed by atoms with Crippen molar-refractivity contribution in [2.75, 3.05) is 5.32 Å². The molecule has 5 nitrogen and oxygen atoms in total. The summed E-state index contributed by atoms with van der Waals surface area (Å²) in [4.78, 5) is 8.39. The van der Waals surface area contributed by atoms with Crippen molar-refractivity contribution < 1.29 is 23.0 Å². The Bertz CT molecular complexity index is 1470. The molecule has 2 bridgehead atoms. The Hall–Kier alpha value is -3.65. The van der Waals surface area contributed by atoms with E-state index in [1.807, 2.05) is 18.2 Å². The van der Waals surface area contributed by atoms with Gasteiger partial charge in [-0.1, -0.05) is 12.1 Å². The molecule has 2 aliphatic rings. The summed E-state index contributed by atoms with van der Waals surface area (Å²) in [6, 6.07) is 12.4. The number of halogens is 3. The molecule has 1 aromatic heterocycles. The van der Waals surface area contributed by atoms with Crippen molar-refractivity contribution in [1.29, 1.82) is 0 Å². The lowest BCUT2D eigenvalue weighted by Gasteiger charge is -2.27. The van der Waals surface area contributed by atoms with E-state index in [4.69, 9.17) is 4.74 Å². The molecule has 1 aliphatic heterocycles. The molecule has 35 heavy (non-hydrogen) atoms. The highest BCUT2D eigenvalue weighted by Crippen LogP contribution is 2.55. The minimum atomic E-state index is -2.91. The van der Waals surface area contributed by atoms with Gasteiger partial charge in [-0.05, 0) is 72.5 Å². The fraction of sp³-hybridized carbons (Fsp3) is 0.259. The van der Waals surface area contributed by atoms with Gasteiger partial charge >= 0.3 is 6.61 Å². The minimum Gasteiger partial charge on any atom is -0.434 e. The molecule has 0 saturated heterocycles. The van der Waals surface area contributed by atoms with Crippen molar-refractivity contribution >= 4 is 16.5 Å². The van der Waals surface area contributed by atoms with Gasteiger partial charge in [-0.25, -0.2) is 14.4 Å². The molecule has 178 valence electrons. The van der Waals surface area contributed by atoms with Crippen LogP contribution < -0.4 is 10.1 Å². The lowest BCUT2D eigenvalue weighted by molar-refractivity contribution is -0.0505. The van der Waals surface area contributed by atoms with Gasteiger partial charge < -0.3 is 15.2 Å². The number of nitrogens with one attached hydrogen (secondary N) is 1. The number of fused-ring (bicyclic) bond motifs is 8. The average molecular weight is 477 g/mol. The van der Waals surface area contributed by atoms with Crippen LogP contribution >= 0.6 is 0 Å². The highest BCUT2D eigenvalue weighted by atomic mass is 19.3. The third-order valence-electron chi connectivity index (χ3n) is 6.82. The van der Waals surface area contributed by atoms with E-state index in [0.717, 1.165) is 33.2 Å². The largest absolute Gasteiger partial charge is 0.434 e. The third-order valence-corrected chi connectivity index (χ3v) is 6.82. The second-order valence-corrected chi connectivity index (χ2v) is 9.60. The molecular formula is C27H22F3N3O2. The molecule has 0 radical (unpaired) electrons. The van der Waals surface area contributed by atoms with Crippen LogP contribution in [0.2, 0.25) is 0 Å². The number of ether oxygens (including phenoxy) is 1. The predicted octanol–water partition coefficient (Wildman–Crippen LogP) is 6.27. The maximum atomic E-state index is 15.1.